The number of carbonyl (C=O) groups excluding carboxylic acids is 1. The minimum absolute atomic E-state index is 0.0534. The first-order chi connectivity index (χ1) is 10.6. The molecule has 1 aromatic heterocycles. The number of rotatable bonds is 3. The number of ether oxygens (including phenoxy) is 1. The van der Waals surface area contributed by atoms with E-state index in [9.17, 15) is 9.59 Å². The Morgan fingerprint density at radius 2 is 2.36 bits per heavy atom. The molecule has 0 aromatic carbocycles. The number of nitrogens with one attached hydrogen (secondary N) is 1. The Morgan fingerprint density at radius 1 is 1.55 bits per heavy atom. The highest BCUT2D eigenvalue weighted by molar-refractivity contribution is 5.93. The Balaban J connectivity index is 2.06. The summed E-state index contributed by atoms with van der Waals surface area (Å²) >= 11 is 0. The van der Waals surface area contributed by atoms with Gasteiger partial charge in [0.1, 0.15) is 5.56 Å². The molecule has 0 radical (unpaired) electrons. The molecule has 1 fully saturated rings. The van der Waals surface area contributed by atoms with Crippen LogP contribution in [0.1, 0.15) is 34.5 Å². The molecular formula is C15H22N4O3. The molecule has 0 aliphatic carbocycles. The Hall–Kier alpha value is -1.70. The van der Waals surface area contributed by atoms with Crippen molar-refractivity contribution in [2.24, 2.45) is 5.84 Å². The smallest absolute Gasteiger partial charge is 0.270 e. The maximum atomic E-state index is 12.7. The number of hydrogen-bond donors (Lipinski definition) is 2. The highest BCUT2D eigenvalue weighted by Gasteiger charge is 2.25. The van der Waals surface area contributed by atoms with Crippen molar-refractivity contribution in [1.29, 1.82) is 0 Å². The minimum atomic E-state index is -0.540. The SMILES string of the molecule is CN1CCc2c(cc(C(=O)NN)c(=O)n2CC2CCCO2)C1. The average molecular weight is 306 g/mol. The third-order valence-corrected chi connectivity index (χ3v) is 4.45. The molecule has 1 unspecified atom stereocenters. The number of amides is 1. The minimum Gasteiger partial charge on any atom is -0.376 e. The van der Waals surface area contributed by atoms with E-state index in [-0.39, 0.29) is 17.2 Å². The number of fused-ring (bicyclic) bond motifs is 1. The van der Waals surface area contributed by atoms with Gasteiger partial charge < -0.3 is 14.2 Å². The number of carbonyl (C=O) groups is 1. The molecule has 1 amide bonds. The van der Waals surface area contributed by atoms with Crippen molar-refractivity contribution in [1.82, 2.24) is 14.9 Å². The summed E-state index contributed by atoms with van der Waals surface area (Å²) in [6, 6.07) is 1.68. The zero-order valence-corrected chi connectivity index (χ0v) is 12.8. The summed E-state index contributed by atoms with van der Waals surface area (Å²) in [7, 11) is 2.03. The fraction of sp³-hybridized carbons (Fsp3) is 0.600. The molecule has 0 spiro atoms. The van der Waals surface area contributed by atoms with Gasteiger partial charge in [-0.1, -0.05) is 0 Å². The first-order valence-corrected chi connectivity index (χ1v) is 7.67. The largest absolute Gasteiger partial charge is 0.376 e. The lowest BCUT2D eigenvalue weighted by Crippen LogP contribution is -2.41. The van der Waals surface area contributed by atoms with Crippen LogP contribution in [0.25, 0.3) is 0 Å². The molecule has 0 bridgehead atoms. The molecule has 1 atom stereocenters. The van der Waals surface area contributed by atoms with Gasteiger partial charge in [-0.3, -0.25) is 15.0 Å². The van der Waals surface area contributed by atoms with Crippen molar-refractivity contribution in [2.75, 3.05) is 20.2 Å². The van der Waals surface area contributed by atoms with Crippen LogP contribution in [0.2, 0.25) is 0 Å². The number of nitrogens with two attached hydrogens (primary N) is 1. The van der Waals surface area contributed by atoms with Crippen LogP contribution >= 0.6 is 0 Å². The first-order valence-electron chi connectivity index (χ1n) is 7.67. The maximum Gasteiger partial charge on any atom is 0.270 e. The maximum absolute atomic E-state index is 12.7. The van der Waals surface area contributed by atoms with Crippen LogP contribution in [-0.2, 0) is 24.2 Å². The Labute approximate surface area is 129 Å². The summed E-state index contributed by atoms with van der Waals surface area (Å²) in [5.41, 5.74) is 3.93. The van der Waals surface area contributed by atoms with E-state index >= 15 is 0 Å². The summed E-state index contributed by atoms with van der Waals surface area (Å²) < 4.78 is 7.38. The van der Waals surface area contributed by atoms with Crippen LogP contribution in [0.4, 0.5) is 0 Å². The molecule has 3 heterocycles. The van der Waals surface area contributed by atoms with Crippen LogP contribution in [0.3, 0.4) is 0 Å². The first kappa shape index (κ1) is 15.2. The van der Waals surface area contributed by atoms with Gasteiger partial charge in [-0.25, -0.2) is 5.84 Å². The molecule has 7 heteroatoms. The quantitative estimate of drug-likeness (QED) is 0.451. The fourth-order valence-corrected chi connectivity index (χ4v) is 3.29. The summed E-state index contributed by atoms with van der Waals surface area (Å²) in [6.07, 6.45) is 2.83. The van der Waals surface area contributed by atoms with Gasteiger partial charge in [0.2, 0.25) is 0 Å². The Morgan fingerprint density at radius 3 is 3.05 bits per heavy atom. The van der Waals surface area contributed by atoms with E-state index in [4.69, 9.17) is 10.6 Å². The van der Waals surface area contributed by atoms with E-state index in [1.807, 2.05) is 7.05 Å². The lowest BCUT2D eigenvalue weighted by Gasteiger charge is -2.28. The second-order valence-electron chi connectivity index (χ2n) is 6.04. The number of aromatic nitrogens is 1. The van der Waals surface area contributed by atoms with E-state index in [1.165, 1.54) is 0 Å². The van der Waals surface area contributed by atoms with Crippen LogP contribution in [0.5, 0.6) is 0 Å². The molecule has 1 saturated heterocycles. The molecule has 1 aromatic rings. The topological polar surface area (TPSA) is 89.6 Å². The van der Waals surface area contributed by atoms with Crippen LogP contribution < -0.4 is 16.8 Å². The number of hydrazine groups is 1. The lowest BCUT2D eigenvalue weighted by molar-refractivity contribution is 0.0922. The van der Waals surface area contributed by atoms with Gasteiger partial charge in [-0.05, 0) is 31.5 Å². The summed E-state index contributed by atoms with van der Waals surface area (Å²) in [6.45, 7) is 2.89. The van der Waals surface area contributed by atoms with Crippen LogP contribution in [0.15, 0.2) is 10.9 Å². The van der Waals surface area contributed by atoms with Crippen molar-refractivity contribution >= 4 is 5.91 Å². The van der Waals surface area contributed by atoms with Crippen molar-refractivity contribution in [3.05, 3.63) is 33.2 Å². The number of nitrogens with zero attached hydrogens (tertiary/aromatic N) is 2. The summed E-state index contributed by atoms with van der Waals surface area (Å²) in [4.78, 5) is 26.8. The van der Waals surface area contributed by atoms with Crippen molar-refractivity contribution < 1.29 is 9.53 Å². The standard InChI is InChI=1S/C15H22N4O3/c1-18-5-4-13-10(8-18)7-12(14(20)17-16)15(21)19(13)9-11-3-2-6-22-11/h7,11H,2-6,8-9,16H2,1H3,(H,17,20). The van der Waals surface area contributed by atoms with Gasteiger partial charge in [-0.2, -0.15) is 0 Å². The third-order valence-electron chi connectivity index (χ3n) is 4.45. The van der Waals surface area contributed by atoms with E-state index in [1.54, 1.807) is 10.6 Å². The Bertz CT molecular complexity index is 634. The van der Waals surface area contributed by atoms with Gasteiger partial charge in [0, 0.05) is 31.8 Å². The number of nitrogen functional groups attached to an aromatic ring is 1. The number of likely N-dealkylation sites (N-methyl/N-ethyl adjacent to an activating group) is 1. The van der Waals surface area contributed by atoms with Crippen LogP contribution in [-0.4, -0.2) is 41.7 Å². The zero-order valence-electron chi connectivity index (χ0n) is 12.8. The lowest BCUT2D eigenvalue weighted by atomic mass is 10.0. The molecule has 7 nitrogen and oxygen atoms in total. The van der Waals surface area contributed by atoms with Gasteiger partial charge in [-0.15, -0.1) is 0 Å². The molecule has 2 aliphatic heterocycles. The highest BCUT2D eigenvalue weighted by Crippen LogP contribution is 2.20. The van der Waals surface area contributed by atoms with Gasteiger partial charge in [0.15, 0.2) is 0 Å². The van der Waals surface area contributed by atoms with Crippen molar-refractivity contribution in [2.45, 2.75) is 38.5 Å². The van der Waals surface area contributed by atoms with Gasteiger partial charge in [0.05, 0.1) is 12.6 Å². The normalized spacial score (nSPS) is 21.6. The molecule has 22 heavy (non-hydrogen) atoms. The molecule has 2 aliphatic rings. The van der Waals surface area contributed by atoms with Crippen LogP contribution in [0, 0.1) is 0 Å². The molecule has 3 N–H and O–H groups in total. The van der Waals surface area contributed by atoms with E-state index in [0.717, 1.165) is 50.2 Å². The monoisotopic (exact) mass is 306 g/mol. The van der Waals surface area contributed by atoms with E-state index in [0.29, 0.717) is 6.54 Å². The third kappa shape index (κ3) is 2.79. The number of hydrogen-bond acceptors (Lipinski definition) is 5. The molecular weight excluding hydrogens is 284 g/mol. The molecule has 3 rings (SSSR count). The second kappa shape index (κ2) is 6.20. The zero-order chi connectivity index (χ0) is 15.7. The van der Waals surface area contributed by atoms with E-state index in [2.05, 4.69) is 10.3 Å². The fourth-order valence-electron chi connectivity index (χ4n) is 3.29. The summed E-state index contributed by atoms with van der Waals surface area (Å²) in [5.74, 6) is 4.67. The molecule has 0 saturated carbocycles. The molecule has 120 valence electrons. The predicted octanol–water partition coefficient (Wildman–Crippen LogP) is -0.381. The number of pyridine rings is 1. The predicted molar refractivity (Wildman–Crippen MR) is 81.4 cm³/mol. The van der Waals surface area contributed by atoms with Crippen molar-refractivity contribution in [3.8, 4) is 0 Å². The average Bonchev–Trinajstić information content (AvgIpc) is 3.02. The van der Waals surface area contributed by atoms with Gasteiger partial charge >= 0.3 is 0 Å². The summed E-state index contributed by atoms with van der Waals surface area (Å²) in [5, 5.41) is 0. The highest BCUT2D eigenvalue weighted by atomic mass is 16.5. The van der Waals surface area contributed by atoms with Crippen molar-refractivity contribution in [3.63, 3.8) is 0 Å². The Kier molecular flexibility index (Phi) is 4.28. The van der Waals surface area contributed by atoms with E-state index < -0.39 is 5.91 Å². The van der Waals surface area contributed by atoms with Gasteiger partial charge in [0.25, 0.3) is 11.5 Å². The second-order valence-corrected chi connectivity index (χ2v) is 6.04.